The third-order valence-electron chi connectivity index (χ3n) is 3.82. The van der Waals surface area contributed by atoms with Gasteiger partial charge in [-0.3, -0.25) is 14.6 Å². The van der Waals surface area contributed by atoms with Crippen LogP contribution in [0.1, 0.15) is 29.8 Å². The van der Waals surface area contributed by atoms with E-state index in [0.29, 0.717) is 5.56 Å². The highest BCUT2D eigenvalue weighted by Crippen LogP contribution is 2.22. The van der Waals surface area contributed by atoms with E-state index in [4.69, 9.17) is 0 Å². The number of halogens is 2. The lowest BCUT2D eigenvalue weighted by Crippen LogP contribution is -2.43. The second-order valence-electron chi connectivity index (χ2n) is 6.11. The fourth-order valence-corrected chi connectivity index (χ4v) is 2.37. The van der Waals surface area contributed by atoms with Gasteiger partial charge in [-0.2, -0.15) is 5.10 Å². The lowest BCUT2D eigenvalue weighted by atomic mass is 9.93. The average Bonchev–Trinajstić information content (AvgIpc) is 3.11. The van der Waals surface area contributed by atoms with E-state index >= 15 is 0 Å². The molecule has 9 heteroatoms. The molecule has 2 heterocycles. The first-order valence-electron chi connectivity index (χ1n) is 7.65. The normalized spacial score (nSPS) is 11.4. The van der Waals surface area contributed by atoms with E-state index in [1.165, 1.54) is 16.9 Å². The lowest BCUT2D eigenvalue weighted by molar-refractivity contribution is 0.0910. The molecule has 0 bridgehead atoms. The molecule has 0 aliphatic rings. The molecule has 134 valence electrons. The Morgan fingerprint density at radius 1 is 1.27 bits per heavy atom. The summed E-state index contributed by atoms with van der Waals surface area (Å²) >= 11 is 0. The van der Waals surface area contributed by atoms with Gasteiger partial charge < -0.3 is 5.32 Å². The molecule has 7 nitrogen and oxygen atoms in total. The predicted octanol–water partition coefficient (Wildman–Crippen LogP) is 1.90. The Kier molecular flexibility index (Phi) is 4.37. The summed E-state index contributed by atoms with van der Waals surface area (Å²) in [4.78, 5) is 31.1. The molecular formula is C17H15F2N5O2. The number of H-pyrrole nitrogens is 1. The Hall–Kier alpha value is -3.36. The molecule has 0 atom stereocenters. The number of amides is 1. The zero-order chi connectivity index (χ0) is 18.9. The summed E-state index contributed by atoms with van der Waals surface area (Å²) in [5.74, 6) is -2.53. The van der Waals surface area contributed by atoms with Gasteiger partial charge in [-0.1, -0.05) is 6.07 Å². The number of benzene rings is 1. The minimum Gasteiger partial charge on any atom is -0.343 e. The van der Waals surface area contributed by atoms with Crippen LogP contribution in [0.25, 0.3) is 5.95 Å². The number of rotatable bonds is 4. The van der Waals surface area contributed by atoms with Gasteiger partial charge in [0.15, 0.2) is 11.6 Å². The van der Waals surface area contributed by atoms with Crippen molar-refractivity contribution >= 4 is 5.91 Å². The first-order chi connectivity index (χ1) is 12.3. The van der Waals surface area contributed by atoms with Crippen LogP contribution in [0.2, 0.25) is 0 Å². The van der Waals surface area contributed by atoms with Gasteiger partial charge in [0.25, 0.3) is 11.5 Å². The molecule has 0 aliphatic heterocycles. The van der Waals surface area contributed by atoms with Crippen LogP contribution in [-0.4, -0.2) is 25.7 Å². The van der Waals surface area contributed by atoms with Crippen molar-refractivity contribution in [3.8, 4) is 5.95 Å². The Labute approximate surface area is 146 Å². The molecule has 0 saturated carbocycles. The summed E-state index contributed by atoms with van der Waals surface area (Å²) < 4.78 is 27.9. The minimum atomic E-state index is -1.04. The van der Waals surface area contributed by atoms with Gasteiger partial charge in [-0.25, -0.2) is 18.4 Å². The first kappa shape index (κ1) is 17.5. The van der Waals surface area contributed by atoms with Crippen LogP contribution in [0.4, 0.5) is 8.78 Å². The molecule has 0 saturated heterocycles. The number of carbonyl (C=O) groups is 1. The molecule has 3 rings (SSSR count). The van der Waals surface area contributed by atoms with Crippen molar-refractivity contribution in [3.05, 3.63) is 76.0 Å². The van der Waals surface area contributed by atoms with Gasteiger partial charge >= 0.3 is 0 Å². The number of nitrogens with one attached hydrogen (secondary N) is 2. The van der Waals surface area contributed by atoms with Crippen molar-refractivity contribution < 1.29 is 13.6 Å². The third kappa shape index (κ3) is 3.37. The lowest BCUT2D eigenvalue weighted by Gasteiger charge is -2.27. The predicted molar refractivity (Wildman–Crippen MR) is 88.8 cm³/mol. The topological polar surface area (TPSA) is 92.7 Å². The van der Waals surface area contributed by atoms with Gasteiger partial charge in [-0.15, -0.1) is 0 Å². The second-order valence-corrected chi connectivity index (χ2v) is 6.11. The summed E-state index contributed by atoms with van der Waals surface area (Å²) in [5.41, 5.74) is -1.55. The zero-order valence-corrected chi connectivity index (χ0v) is 14.0. The summed E-state index contributed by atoms with van der Waals surface area (Å²) in [6.07, 6.45) is 4.24. The molecule has 0 spiro atoms. The van der Waals surface area contributed by atoms with E-state index in [1.54, 1.807) is 26.1 Å². The average molecular weight is 359 g/mol. The largest absolute Gasteiger partial charge is 0.343 e. The molecule has 0 fully saturated rings. The van der Waals surface area contributed by atoms with Crippen LogP contribution in [0.3, 0.4) is 0 Å². The van der Waals surface area contributed by atoms with Crippen LogP contribution in [-0.2, 0) is 5.54 Å². The summed E-state index contributed by atoms with van der Waals surface area (Å²) in [6, 6.07) is 5.00. The smallest absolute Gasteiger partial charge is 0.265 e. The van der Waals surface area contributed by atoms with Gasteiger partial charge in [0.05, 0.1) is 5.54 Å². The number of hydrogen-bond acceptors (Lipinski definition) is 4. The molecule has 26 heavy (non-hydrogen) atoms. The Bertz CT molecular complexity index is 1010. The minimum absolute atomic E-state index is 0.163. The standard InChI is InChI=1S/C17H15F2N5O2/c1-17(2,10-4-5-12(18)13(19)8-10)23-15(26)11-9-20-16(22-14(11)25)24-7-3-6-21-24/h3-9H,1-2H3,(H,23,26)(H,20,22,25). The fourth-order valence-electron chi connectivity index (χ4n) is 2.37. The molecule has 0 aliphatic carbocycles. The molecule has 3 aromatic rings. The molecule has 0 radical (unpaired) electrons. The molecular weight excluding hydrogens is 344 g/mol. The number of aromatic amines is 1. The zero-order valence-electron chi connectivity index (χ0n) is 14.0. The van der Waals surface area contributed by atoms with Crippen molar-refractivity contribution in [1.29, 1.82) is 0 Å². The number of carbonyl (C=O) groups excluding carboxylic acids is 1. The van der Waals surface area contributed by atoms with Crippen molar-refractivity contribution in [2.45, 2.75) is 19.4 Å². The van der Waals surface area contributed by atoms with Crippen LogP contribution >= 0.6 is 0 Å². The summed E-state index contributed by atoms with van der Waals surface area (Å²) in [7, 11) is 0. The van der Waals surface area contributed by atoms with Crippen LogP contribution in [0.5, 0.6) is 0 Å². The molecule has 2 aromatic heterocycles. The Morgan fingerprint density at radius 2 is 2.04 bits per heavy atom. The SMILES string of the molecule is CC(C)(NC(=O)c1cnc(-n2cccn2)[nH]c1=O)c1ccc(F)c(F)c1. The maximum atomic E-state index is 13.5. The quantitative estimate of drug-likeness (QED) is 0.744. The van der Waals surface area contributed by atoms with E-state index in [2.05, 4.69) is 20.4 Å². The van der Waals surface area contributed by atoms with Crippen LogP contribution in [0, 0.1) is 11.6 Å². The Balaban J connectivity index is 1.85. The highest BCUT2D eigenvalue weighted by Gasteiger charge is 2.26. The maximum Gasteiger partial charge on any atom is 0.265 e. The monoisotopic (exact) mass is 359 g/mol. The van der Waals surface area contributed by atoms with Gasteiger partial charge in [-0.05, 0) is 37.6 Å². The van der Waals surface area contributed by atoms with E-state index < -0.39 is 28.6 Å². The first-order valence-corrected chi connectivity index (χ1v) is 7.65. The van der Waals surface area contributed by atoms with Crippen molar-refractivity contribution in [3.63, 3.8) is 0 Å². The second kappa shape index (κ2) is 6.51. The maximum absolute atomic E-state index is 13.5. The van der Waals surface area contributed by atoms with Crippen molar-refractivity contribution in [1.82, 2.24) is 25.1 Å². The molecule has 2 N–H and O–H groups in total. The number of aromatic nitrogens is 4. The van der Waals surface area contributed by atoms with Crippen molar-refractivity contribution in [2.75, 3.05) is 0 Å². The highest BCUT2D eigenvalue weighted by molar-refractivity contribution is 5.94. The fraction of sp³-hybridized carbons (Fsp3) is 0.176. The van der Waals surface area contributed by atoms with Gasteiger partial charge in [0.2, 0.25) is 5.95 Å². The van der Waals surface area contributed by atoms with E-state index in [-0.39, 0.29) is 11.5 Å². The number of nitrogens with zero attached hydrogens (tertiary/aromatic N) is 3. The highest BCUT2D eigenvalue weighted by atomic mass is 19.2. The van der Waals surface area contributed by atoms with Crippen LogP contribution < -0.4 is 10.9 Å². The van der Waals surface area contributed by atoms with Gasteiger partial charge in [0, 0.05) is 18.6 Å². The summed E-state index contributed by atoms with van der Waals surface area (Å²) in [5, 5.41) is 6.55. The molecule has 0 unspecified atom stereocenters. The summed E-state index contributed by atoms with van der Waals surface area (Å²) in [6.45, 7) is 3.22. The molecule has 1 amide bonds. The van der Waals surface area contributed by atoms with Crippen LogP contribution in [0.15, 0.2) is 47.7 Å². The number of hydrogen-bond donors (Lipinski definition) is 2. The van der Waals surface area contributed by atoms with E-state index in [1.807, 2.05) is 0 Å². The molecule has 1 aromatic carbocycles. The Morgan fingerprint density at radius 3 is 2.65 bits per heavy atom. The van der Waals surface area contributed by atoms with Gasteiger partial charge in [0.1, 0.15) is 5.56 Å². The third-order valence-corrected chi connectivity index (χ3v) is 3.82. The van der Waals surface area contributed by atoms with E-state index in [9.17, 15) is 18.4 Å². The van der Waals surface area contributed by atoms with E-state index in [0.717, 1.165) is 18.3 Å². The van der Waals surface area contributed by atoms with Crippen molar-refractivity contribution in [2.24, 2.45) is 0 Å².